The fourth-order valence-corrected chi connectivity index (χ4v) is 3.28. The lowest BCUT2D eigenvalue weighted by atomic mass is 10.1. The molecule has 2 aromatic heterocycles. The number of anilines is 1. The Morgan fingerprint density at radius 1 is 1.14 bits per heavy atom. The van der Waals surface area contributed by atoms with E-state index < -0.39 is 0 Å². The first-order valence-corrected chi connectivity index (χ1v) is 9.56. The second-order valence-electron chi connectivity index (χ2n) is 5.95. The zero-order chi connectivity index (χ0) is 20.2. The van der Waals surface area contributed by atoms with E-state index in [2.05, 4.69) is 15.3 Å². The molecule has 8 heteroatoms. The first kappa shape index (κ1) is 18.7. The third kappa shape index (κ3) is 3.97. The molecular weight excluding hydrogens is 390 g/mol. The summed E-state index contributed by atoms with van der Waals surface area (Å²) in [6.45, 7) is 0. The van der Waals surface area contributed by atoms with Crippen molar-refractivity contribution in [3.8, 4) is 11.5 Å². The van der Waals surface area contributed by atoms with Crippen molar-refractivity contribution in [1.29, 1.82) is 0 Å². The number of amides is 1. The summed E-state index contributed by atoms with van der Waals surface area (Å²) < 4.78 is 16.6. The average molecular weight is 407 g/mol. The molecule has 0 unspecified atom stereocenters. The maximum absolute atomic E-state index is 12.9. The lowest BCUT2D eigenvalue weighted by Gasteiger charge is -2.08. The fourth-order valence-electron chi connectivity index (χ4n) is 2.75. The molecule has 0 saturated carbocycles. The lowest BCUT2D eigenvalue weighted by Crippen LogP contribution is -2.21. The van der Waals surface area contributed by atoms with E-state index in [-0.39, 0.29) is 17.0 Å². The van der Waals surface area contributed by atoms with Crippen LogP contribution in [0.3, 0.4) is 0 Å². The van der Waals surface area contributed by atoms with Gasteiger partial charge in [-0.05, 0) is 36.4 Å². The van der Waals surface area contributed by atoms with Gasteiger partial charge in [0.2, 0.25) is 5.55 Å². The first-order chi connectivity index (χ1) is 14.2. The monoisotopic (exact) mass is 407 g/mol. The second kappa shape index (κ2) is 8.15. The van der Waals surface area contributed by atoms with Crippen LogP contribution in [-0.4, -0.2) is 25.1 Å². The highest BCUT2D eigenvalue weighted by molar-refractivity contribution is 7.13. The highest BCUT2D eigenvalue weighted by Crippen LogP contribution is 2.25. The number of carbonyl (C=O) groups is 1. The number of rotatable bonds is 5. The van der Waals surface area contributed by atoms with Crippen molar-refractivity contribution in [2.75, 3.05) is 19.5 Å². The van der Waals surface area contributed by atoms with E-state index in [9.17, 15) is 4.79 Å². The number of hydrogen-bond donors (Lipinski definition) is 1. The van der Waals surface area contributed by atoms with Crippen molar-refractivity contribution in [2.24, 2.45) is 4.99 Å². The smallest absolute Gasteiger partial charge is 0.262 e. The van der Waals surface area contributed by atoms with Gasteiger partial charge in [0, 0.05) is 17.0 Å². The Morgan fingerprint density at radius 2 is 1.97 bits per heavy atom. The number of benzene rings is 2. The number of ether oxygens (including phenoxy) is 2. The Morgan fingerprint density at radius 3 is 2.66 bits per heavy atom. The third-order valence-electron chi connectivity index (χ3n) is 4.16. The molecule has 1 amide bonds. The van der Waals surface area contributed by atoms with Crippen LogP contribution in [0.1, 0.15) is 10.4 Å². The highest BCUT2D eigenvalue weighted by Gasteiger charge is 2.15. The molecule has 4 aromatic rings. The Labute approximate surface area is 170 Å². The van der Waals surface area contributed by atoms with Gasteiger partial charge >= 0.3 is 0 Å². The van der Waals surface area contributed by atoms with Gasteiger partial charge in [-0.2, -0.15) is 0 Å². The van der Waals surface area contributed by atoms with Gasteiger partial charge in [-0.15, -0.1) is 11.3 Å². The summed E-state index contributed by atoms with van der Waals surface area (Å²) in [5.41, 5.74) is 1.58. The van der Waals surface area contributed by atoms with Crippen molar-refractivity contribution in [3.05, 3.63) is 71.2 Å². The molecule has 0 bridgehead atoms. The highest BCUT2D eigenvalue weighted by atomic mass is 32.1. The molecular formula is C21H17N3O4S. The number of nitrogens with one attached hydrogen (secondary N) is 1. The van der Waals surface area contributed by atoms with E-state index >= 15 is 0 Å². The second-order valence-corrected chi connectivity index (χ2v) is 6.84. The SMILES string of the molecule is COc1ccc(N=c2oc3c(OC)cccc3cc2C(=O)Nc2nccs2)cc1. The summed E-state index contributed by atoms with van der Waals surface area (Å²) in [6.07, 6.45) is 1.62. The van der Waals surface area contributed by atoms with Gasteiger partial charge in [0.05, 0.1) is 19.9 Å². The molecule has 1 N–H and O–H groups in total. The molecule has 0 spiro atoms. The molecule has 0 aliphatic heterocycles. The van der Waals surface area contributed by atoms with Crippen LogP contribution >= 0.6 is 11.3 Å². The number of aromatic nitrogens is 1. The number of carbonyl (C=O) groups excluding carboxylic acids is 1. The van der Waals surface area contributed by atoms with Gasteiger partial charge in [0.25, 0.3) is 5.91 Å². The number of hydrogen-bond acceptors (Lipinski definition) is 7. The van der Waals surface area contributed by atoms with Crippen LogP contribution in [-0.2, 0) is 0 Å². The van der Waals surface area contributed by atoms with Gasteiger partial charge in [0.1, 0.15) is 11.3 Å². The number of fused-ring (bicyclic) bond motifs is 1. The normalized spacial score (nSPS) is 11.4. The fraction of sp³-hybridized carbons (Fsp3) is 0.0952. The molecule has 4 rings (SSSR count). The van der Waals surface area contributed by atoms with Crippen LogP contribution < -0.4 is 20.3 Å². The van der Waals surface area contributed by atoms with E-state index in [0.29, 0.717) is 27.9 Å². The van der Waals surface area contributed by atoms with Crippen LogP contribution in [0, 0.1) is 0 Å². The molecule has 7 nitrogen and oxygen atoms in total. The van der Waals surface area contributed by atoms with Crippen LogP contribution in [0.25, 0.3) is 11.0 Å². The third-order valence-corrected chi connectivity index (χ3v) is 4.85. The predicted molar refractivity (Wildman–Crippen MR) is 111 cm³/mol. The van der Waals surface area contributed by atoms with Gasteiger partial charge in [-0.25, -0.2) is 9.98 Å². The minimum absolute atomic E-state index is 0.168. The van der Waals surface area contributed by atoms with Crippen molar-refractivity contribution >= 4 is 39.0 Å². The van der Waals surface area contributed by atoms with Gasteiger partial charge in [-0.1, -0.05) is 12.1 Å². The van der Waals surface area contributed by atoms with E-state index in [1.165, 1.54) is 11.3 Å². The number of nitrogens with zero attached hydrogens (tertiary/aromatic N) is 2. The Bertz CT molecular complexity index is 1220. The van der Waals surface area contributed by atoms with Crippen molar-refractivity contribution in [3.63, 3.8) is 0 Å². The first-order valence-electron chi connectivity index (χ1n) is 8.68. The predicted octanol–water partition coefficient (Wildman–Crippen LogP) is 4.39. The van der Waals surface area contributed by atoms with E-state index in [4.69, 9.17) is 13.9 Å². The quantitative estimate of drug-likeness (QED) is 0.530. The molecule has 0 saturated heterocycles. The topological polar surface area (TPSA) is 86.0 Å². The summed E-state index contributed by atoms with van der Waals surface area (Å²) in [7, 11) is 3.16. The van der Waals surface area contributed by atoms with E-state index in [1.807, 2.05) is 12.1 Å². The number of thiazole rings is 1. The molecule has 29 heavy (non-hydrogen) atoms. The van der Waals surface area contributed by atoms with Gasteiger partial charge in [-0.3, -0.25) is 10.1 Å². The number of para-hydroxylation sites is 1. The minimum Gasteiger partial charge on any atom is -0.497 e. The summed E-state index contributed by atoms with van der Waals surface area (Å²) in [5, 5.41) is 5.78. The molecule has 2 heterocycles. The Hall–Kier alpha value is -3.65. The molecule has 146 valence electrons. The van der Waals surface area contributed by atoms with Crippen molar-refractivity contribution in [1.82, 2.24) is 4.98 Å². The summed E-state index contributed by atoms with van der Waals surface area (Å²) in [6, 6.07) is 14.3. The lowest BCUT2D eigenvalue weighted by molar-refractivity contribution is 0.102. The molecule has 0 aliphatic rings. The Balaban J connectivity index is 1.88. The van der Waals surface area contributed by atoms with Crippen molar-refractivity contribution < 1.29 is 18.7 Å². The van der Waals surface area contributed by atoms with E-state index in [1.54, 1.807) is 62.2 Å². The molecule has 0 radical (unpaired) electrons. The largest absolute Gasteiger partial charge is 0.497 e. The maximum atomic E-state index is 12.9. The molecule has 2 aromatic carbocycles. The van der Waals surface area contributed by atoms with Gasteiger partial charge in [0.15, 0.2) is 16.5 Å². The zero-order valence-electron chi connectivity index (χ0n) is 15.7. The Kier molecular flexibility index (Phi) is 5.26. The average Bonchev–Trinajstić information content (AvgIpc) is 3.26. The zero-order valence-corrected chi connectivity index (χ0v) is 16.5. The van der Waals surface area contributed by atoms with Crippen LogP contribution in [0.15, 0.2) is 69.5 Å². The molecule has 0 aliphatic carbocycles. The number of methoxy groups -OCH3 is 2. The summed E-state index contributed by atoms with van der Waals surface area (Å²) in [4.78, 5) is 21.5. The maximum Gasteiger partial charge on any atom is 0.262 e. The summed E-state index contributed by atoms with van der Waals surface area (Å²) in [5.74, 6) is 0.907. The minimum atomic E-state index is -0.360. The molecule has 0 fully saturated rings. The molecule has 0 atom stereocenters. The van der Waals surface area contributed by atoms with E-state index in [0.717, 1.165) is 5.39 Å². The van der Waals surface area contributed by atoms with Crippen molar-refractivity contribution in [2.45, 2.75) is 0 Å². The van der Waals surface area contributed by atoms with Crippen LogP contribution in [0.2, 0.25) is 0 Å². The van der Waals surface area contributed by atoms with Crippen LogP contribution in [0.4, 0.5) is 10.8 Å². The summed E-state index contributed by atoms with van der Waals surface area (Å²) >= 11 is 1.33. The standard InChI is InChI=1S/C21H17N3O4S/c1-26-15-8-6-14(7-9-15)23-20-16(19(25)24-21-22-10-11-29-21)12-13-4-3-5-17(27-2)18(13)28-20/h3-12H,1-2H3,(H,22,24,25). The van der Waals surface area contributed by atoms with Gasteiger partial charge < -0.3 is 13.9 Å². The van der Waals surface area contributed by atoms with Crippen LogP contribution in [0.5, 0.6) is 11.5 Å².